The fourth-order valence-corrected chi connectivity index (χ4v) is 2.74. The van der Waals surface area contributed by atoms with Gasteiger partial charge in [-0.25, -0.2) is 0 Å². The van der Waals surface area contributed by atoms with Gasteiger partial charge in [0.05, 0.1) is 19.5 Å². The maximum absolute atomic E-state index is 12.6. The van der Waals surface area contributed by atoms with Crippen molar-refractivity contribution in [2.75, 3.05) is 26.3 Å². The van der Waals surface area contributed by atoms with Crippen LogP contribution >= 0.6 is 0 Å². The number of carbonyl (C=O) groups excluding carboxylic acids is 1. The molecule has 1 spiro atoms. The highest BCUT2D eigenvalue weighted by molar-refractivity contribution is 5.93. The van der Waals surface area contributed by atoms with E-state index in [1.54, 1.807) is 6.26 Å². The van der Waals surface area contributed by atoms with Gasteiger partial charge in [0, 0.05) is 24.1 Å². The monoisotopic (exact) mass is 263 g/mol. The number of hydrogen-bond acceptors (Lipinski definition) is 3. The van der Waals surface area contributed by atoms with Crippen molar-refractivity contribution in [1.29, 1.82) is 0 Å². The van der Waals surface area contributed by atoms with Crippen molar-refractivity contribution in [2.24, 2.45) is 5.41 Å². The first-order valence-electron chi connectivity index (χ1n) is 7.06. The minimum absolute atomic E-state index is 0.0190. The van der Waals surface area contributed by atoms with E-state index in [0.29, 0.717) is 24.8 Å². The van der Waals surface area contributed by atoms with Gasteiger partial charge in [0.15, 0.2) is 5.76 Å². The Morgan fingerprint density at radius 1 is 1.42 bits per heavy atom. The molecule has 0 radical (unpaired) electrons. The second-order valence-electron chi connectivity index (χ2n) is 6.14. The molecule has 1 amide bonds. The van der Waals surface area contributed by atoms with Crippen molar-refractivity contribution in [3.63, 3.8) is 0 Å². The molecule has 1 saturated heterocycles. The van der Waals surface area contributed by atoms with Crippen molar-refractivity contribution in [2.45, 2.75) is 32.6 Å². The lowest BCUT2D eigenvalue weighted by Gasteiger charge is -2.23. The summed E-state index contributed by atoms with van der Waals surface area (Å²) in [6.07, 6.45) is 3.96. The van der Waals surface area contributed by atoms with Crippen molar-refractivity contribution >= 4 is 5.91 Å². The third kappa shape index (κ3) is 2.41. The molecule has 1 aliphatic heterocycles. The van der Waals surface area contributed by atoms with Crippen LogP contribution in [0.25, 0.3) is 0 Å². The van der Waals surface area contributed by atoms with Crippen LogP contribution in [0.15, 0.2) is 16.7 Å². The van der Waals surface area contributed by atoms with E-state index >= 15 is 0 Å². The van der Waals surface area contributed by atoms with Crippen molar-refractivity contribution < 1.29 is 13.9 Å². The van der Waals surface area contributed by atoms with Gasteiger partial charge in [0.25, 0.3) is 5.91 Å². The van der Waals surface area contributed by atoms with Gasteiger partial charge in [0.2, 0.25) is 0 Å². The Bertz CT molecular complexity index is 473. The van der Waals surface area contributed by atoms with E-state index in [1.165, 1.54) is 12.8 Å². The molecule has 0 atom stereocenters. The second-order valence-corrected chi connectivity index (χ2v) is 6.14. The number of carbonyl (C=O) groups is 1. The maximum atomic E-state index is 12.6. The Balaban J connectivity index is 1.80. The quantitative estimate of drug-likeness (QED) is 0.824. The summed E-state index contributed by atoms with van der Waals surface area (Å²) in [7, 11) is 0. The van der Waals surface area contributed by atoms with E-state index in [-0.39, 0.29) is 11.3 Å². The zero-order valence-electron chi connectivity index (χ0n) is 11.6. The molecule has 2 fully saturated rings. The molecular weight excluding hydrogens is 242 g/mol. The highest BCUT2D eigenvalue weighted by Gasteiger charge is 2.46. The molecule has 19 heavy (non-hydrogen) atoms. The summed E-state index contributed by atoms with van der Waals surface area (Å²) in [6.45, 7) is 7.06. The second kappa shape index (κ2) is 4.67. The summed E-state index contributed by atoms with van der Waals surface area (Å²) < 4.78 is 11.1. The molecule has 3 rings (SSSR count). The first kappa shape index (κ1) is 12.7. The minimum Gasteiger partial charge on any atom is -0.459 e. The van der Waals surface area contributed by atoms with E-state index in [9.17, 15) is 4.79 Å². The topological polar surface area (TPSA) is 42.7 Å². The number of ether oxygens (including phenoxy) is 1. The zero-order valence-corrected chi connectivity index (χ0v) is 11.6. The van der Waals surface area contributed by atoms with E-state index < -0.39 is 0 Å². The van der Waals surface area contributed by atoms with Crippen molar-refractivity contribution in [1.82, 2.24) is 4.90 Å². The van der Waals surface area contributed by atoms with E-state index in [2.05, 4.69) is 13.8 Å². The van der Waals surface area contributed by atoms with Crippen LogP contribution in [-0.2, 0) is 4.74 Å². The van der Waals surface area contributed by atoms with Crippen molar-refractivity contribution in [3.05, 3.63) is 23.7 Å². The summed E-state index contributed by atoms with van der Waals surface area (Å²) in [5.74, 6) is 0.828. The lowest BCUT2D eigenvalue weighted by atomic mass is 10.0. The average Bonchev–Trinajstić information content (AvgIpc) is 3.03. The number of rotatable bonds is 2. The molecular formula is C15H21NO3. The molecule has 4 nitrogen and oxygen atoms in total. The Hall–Kier alpha value is -1.29. The molecule has 1 aromatic heterocycles. The molecule has 0 aromatic carbocycles. The first-order chi connectivity index (χ1) is 9.11. The summed E-state index contributed by atoms with van der Waals surface area (Å²) >= 11 is 0. The number of nitrogens with zero attached hydrogens (tertiary/aromatic N) is 1. The molecule has 2 aliphatic rings. The minimum atomic E-state index is 0.0190. The van der Waals surface area contributed by atoms with Crippen LogP contribution < -0.4 is 0 Å². The largest absolute Gasteiger partial charge is 0.459 e. The lowest BCUT2D eigenvalue weighted by molar-refractivity contribution is 0.0701. The summed E-state index contributed by atoms with van der Waals surface area (Å²) in [5.41, 5.74) is 1.23. The lowest BCUT2D eigenvalue weighted by Crippen LogP contribution is -2.36. The van der Waals surface area contributed by atoms with Crippen LogP contribution in [0.3, 0.4) is 0 Å². The Kier molecular flexibility index (Phi) is 3.13. The molecule has 1 saturated carbocycles. The van der Waals surface area contributed by atoms with Crippen LogP contribution in [-0.4, -0.2) is 37.1 Å². The van der Waals surface area contributed by atoms with Crippen LogP contribution in [0.4, 0.5) is 0 Å². The molecule has 2 heterocycles. The fraction of sp³-hybridized carbons (Fsp3) is 0.667. The third-order valence-corrected chi connectivity index (χ3v) is 4.20. The van der Waals surface area contributed by atoms with E-state index in [0.717, 1.165) is 18.7 Å². The standard InChI is InChI=1S/C15H21NO3/c1-11(2)12-3-7-19-13(12)14(17)16-6-8-18-10-15(9-16)4-5-15/h3,7,11H,4-6,8-10H2,1-2H3. The average molecular weight is 263 g/mol. The SMILES string of the molecule is CC(C)c1ccoc1C(=O)N1CCOCC2(CC2)C1. The van der Waals surface area contributed by atoms with Gasteiger partial charge in [-0.2, -0.15) is 0 Å². The highest BCUT2D eigenvalue weighted by atomic mass is 16.5. The summed E-state index contributed by atoms with van der Waals surface area (Å²) in [6, 6.07) is 1.90. The predicted molar refractivity (Wildman–Crippen MR) is 71.2 cm³/mol. The maximum Gasteiger partial charge on any atom is 0.289 e. The number of amides is 1. The molecule has 0 bridgehead atoms. The zero-order chi connectivity index (χ0) is 13.5. The van der Waals surface area contributed by atoms with Gasteiger partial charge >= 0.3 is 0 Å². The van der Waals surface area contributed by atoms with Gasteiger partial charge in [0.1, 0.15) is 0 Å². The molecule has 1 aliphatic carbocycles. The Labute approximate surface area is 113 Å². The molecule has 104 valence electrons. The van der Waals surface area contributed by atoms with Gasteiger partial charge in [-0.15, -0.1) is 0 Å². The fourth-order valence-electron chi connectivity index (χ4n) is 2.74. The van der Waals surface area contributed by atoms with E-state index in [4.69, 9.17) is 9.15 Å². The molecule has 1 aromatic rings. The smallest absolute Gasteiger partial charge is 0.289 e. The van der Waals surface area contributed by atoms with Crippen LogP contribution in [0.1, 0.15) is 48.7 Å². The number of hydrogen-bond donors (Lipinski definition) is 0. The van der Waals surface area contributed by atoms with Gasteiger partial charge < -0.3 is 14.1 Å². The van der Waals surface area contributed by atoms with Crippen LogP contribution in [0.2, 0.25) is 0 Å². The van der Waals surface area contributed by atoms with Gasteiger partial charge in [-0.1, -0.05) is 13.8 Å². The van der Waals surface area contributed by atoms with E-state index in [1.807, 2.05) is 11.0 Å². The van der Waals surface area contributed by atoms with Gasteiger partial charge in [-0.05, 0) is 24.8 Å². The molecule has 0 N–H and O–H groups in total. The normalized spacial score (nSPS) is 21.7. The predicted octanol–water partition coefficient (Wildman–Crippen LogP) is 2.66. The Morgan fingerprint density at radius 2 is 2.21 bits per heavy atom. The summed E-state index contributed by atoms with van der Waals surface area (Å²) in [4.78, 5) is 14.5. The third-order valence-electron chi connectivity index (χ3n) is 4.20. The summed E-state index contributed by atoms with van der Waals surface area (Å²) in [5, 5.41) is 0. The van der Waals surface area contributed by atoms with Crippen molar-refractivity contribution in [3.8, 4) is 0 Å². The highest BCUT2D eigenvalue weighted by Crippen LogP contribution is 2.47. The first-order valence-corrected chi connectivity index (χ1v) is 7.06. The Morgan fingerprint density at radius 3 is 2.89 bits per heavy atom. The molecule has 0 unspecified atom stereocenters. The van der Waals surface area contributed by atoms with Gasteiger partial charge in [-0.3, -0.25) is 4.79 Å². The van der Waals surface area contributed by atoms with Crippen LogP contribution in [0.5, 0.6) is 0 Å². The van der Waals surface area contributed by atoms with Crippen LogP contribution in [0, 0.1) is 5.41 Å². The molecule has 4 heteroatoms. The number of furan rings is 1.